The van der Waals surface area contributed by atoms with Crippen LogP contribution in [-0.4, -0.2) is 113 Å². The van der Waals surface area contributed by atoms with E-state index in [1.54, 1.807) is 6.07 Å². The van der Waals surface area contributed by atoms with Crippen LogP contribution in [0.2, 0.25) is 0 Å². The summed E-state index contributed by atoms with van der Waals surface area (Å²) in [5, 5.41) is 15.7. The Labute approximate surface area is 358 Å². The van der Waals surface area contributed by atoms with E-state index in [9.17, 15) is 19.5 Å². The summed E-state index contributed by atoms with van der Waals surface area (Å²) in [6.45, 7) is 13.3. The number of carbonyl (C=O) groups excluding carboxylic acids is 3. The van der Waals surface area contributed by atoms with Gasteiger partial charge in [0.25, 0.3) is 11.8 Å². The molecular weight excluding hydrogens is 786 g/mol. The van der Waals surface area contributed by atoms with E-state index in [4.69, 9.17) is 14.2 Å². The number of aryl methyl sites for hydroxylation is 1. The summed E-state index contributed by atoms with van der Waals surface area (Å²) in [6, 6.07) is 9.11. The Morgan fingerprint density at radius 2 is 1.83 bits per heavy atom. The van der Waals surface area contributed by atoms with E-state index in [0.29, 0.717) is 74.1 Å². The van der Waals surface area contributed by atoms with E-state index >= 15 is 4.39 Å². The second kappa shape index (κ2) is 21.6. The number of nitrogens with zero attached hydrogens (tertiary/aromatic N) is 4. The first-order valence-electron chi connectivity index (χ1n) is 22.0. The maximum atomic E-state index is 15.8. The van der Waals surface area contributed by atoms with Crippen molar-refractivity contribution in [2.45, 2.75) is 122 Å². The molecular formula is C46H64FN5O7S. The molecule has 0 radical (unpaired) electrons. The number of unbranched alkanes of at least 4 members (excludes halogenated alkanes) is 3. The van der Waals surface area contributed by atoms with Crippen molar-refractivity contribution in [3.63, 3.8) is 0 Å². The first-order valence-corrected chi connectivity index (χ1v) is 22.9. The molecule has 2 N–H and O–H groups in total. The Balaban J connectivity index is 0.914. The topological polar surface area (TPSA) is 134 Å². The van der Waals surface area contributed by atoms with Gasteiger partial charge in [-0.05, 0) is 69.1 Å². The number of thiazole rings is 1. The second-order valence-electron chi connectivity index (χ2n) is 16.9. The lowest BCUT2D eigenvalue weighted by Crippen LogP contribution is -2.58. The van der Waals surface area contributed by atoms with Crippen LogP contribution in [-0.2, 0) is 38.4 Å². The van der Waals surface area contributed by atoms with E-state index in [1.165, 1.54) is 11.3 Å². The maximum Gasteiger partial charge on any atom is 0.273 e. The number of hydrogen-bond donors (Lipinski definition) is 2. The van der Waals surface area contributed by atoms with E-state index in [1.807, 2.05) is 39.4 Å². The van der Waals surface area contributed by atoms with Crippen LogP contribution >= 0.6 is 11.3 Å². The number of phenols is 1. The van der Waals surface area contributed by atoms with Gasteiger partial charge < -0.3 is 34.4 Å². The summed E-state index contributed by atoms with van der Waals surface area (Å²) in [5.74, 6) is 0.374. The molecule has 2 saturated heterocycles. The largest absolute Gasteiger partial charge is 0.506 e. The zero-order valence-electron chi connectivity index (χ0n) is 35.9. The molecule has 14 heteroatoms. The van der Waals surface area contributed by atoms with Gasteiger partial charge in [0.1, 0.15) is 22.9 Å². The molecule has 3 aliphatic rings. The third-order valence-electron chi connectivity index (χ3n) is 12.1. The van der Waals surface area contributed by atoms with Gasteiger partial charge in [-0.2, -0.15) is 0 Å². The third kappa shape index (κ3) is 11.8. The van der Waals surface area contributed by atoms with Crippen LogP contribution in [0.3, 0.4) is 0 Å². The zero-order valence-corrected chi connectivity index (χ0v) is 36.8. The van der Waals surface area contributed by atoms with Crippen LogP contribution < -0.4 is 10.1 Å². The predicted molar refractivity (Wildman–Crippen MR) is 231 cm³/mol. The molecule has 4 heterocycles. The standard InChI is InChI=1S/C46H64FN5O7S/c1-5-6-11-33(4)52(21-9-7-8-12-35-15-16-38(53)42-43(35)58-29-39(54)49-42)40(55)18-26-57-25-17-34-13-10-14-36(41(34)47)28-50-22-19-46(20-23-50)31-51(24-27-59-46)45(56)37-30-60-44(48-37)32(2)3/h10,13-16,30,32-33,53H,5-9,11-12,17-29,31H2,1-4H3,(H,49,54)/t33-/m1/s1. The summed E-state index contributed by atoms with van der Waals surface area (Å²) in [4.78, 5) is 49.3. The zero-order chi connectivity index (χ0) is 42.6. The lowest BCUT2D eigenvalue weighted by atomic mass is 9.89. The van der Waals surface area contributed by atoms with Gasteiger partial charge in [0.05, 0.1) is 43.4 Å². The number of halogens is 1. The highest BCUT2D eigenvalue weighted by molar-refractivity contribution is 7.09. The highest BCUT2D eigenvalue weighted by Gasteiger charge is 2.41. The average Bonchev–Trinajstić information content (AvgIpc) is 3.75. The Kier molecular flexibility index (Phi) is 16.4. The van der Waals surface area contributed by atoms with Crippen LogP contribution in [0.1, 0.15) is 124 Å². The number of aromatic hydroxyl groups is 1. The maximum absolute atomic E-state index is 15.8. The molecule has 1 atom stereocenters. The SMILES string of the molecule is CCCC[C@@H](C)N(CCCCCc1ccc(O)c2c1OCC(=O)N2)C(=O)CCOCCc1cccc(CN2CCC3(CC2)CN(C(=O)c2csc(C(C)C)n2)CCO3)c1F. The second-order valence-corrected chi connectivity index (χ2v) is 17.8. The predicted octanol–water partition coefficient (Wildman–Crippen LogP) is 7.72. The minimum Gasteiger partial charge on any atom is -0.506 e. The van der Waals surface area contributed by atoms with E-state index in [0.717, 1.165) is 81.4 Å². The van der Waals surface area contributed by atoms with Crippen molar-refractivity contribution in [1.82, 2.24) is 19.7 Å². The summed E-state index contributed by atoms with van der Waals surface area (Å²) in [6.07, 6.45) is 8.69. The number of benzene rings is 2. The van der Waals surface area contributed by atoms with Crippen molar-refractivity contribution >= 4 is 34.7 Å². The summed E-state index contributed by atoms with van der Waals surface area (Å²) < 4.78 is 33.7. The quantitative estimate of drug-likeness (QED) is 0.0867. The minimum absolute atomic E-state index is 0.00634. The highest BCUT2D eigenvalue weighted by atomic mass is 32.1. The molecule has 328 valence electrons. The monoisotopic (exact) mass is 849 g/mol. The van der Waals surface area contributed by atoms with Crippen molar-refractivity contribution in [1.29, 1.82) is 0 Å². The number of amides is 3. The fourth-order valence-corrected chi connectivity index (χ4v) is 9.27. The molecule has 2 aromatic carbocycles. The Morgan fingerprint density at radius 3 is 2.60 bits per heavy atom. The van der Waals surface area contributed by atoms with Gasteiger partial charge in [-0.25, -0.2) is 9.37 Å². The molecule has 6 rings (SSSR count). The fraction of sp³-hybridized carbons (Fsp3) is 0.609. The molecule has 1 spiro atoms. The Hall–Kier alpha value is -4.11. The molecule has 0 aliphatic carbocycles. The van der Waals surface area contributed by atoms with Crippen LogP contribution in [0, 0.1) is 5.82 Å². The highest BCUT2D eigenvalue weighted by Crippen LogP contribution is 2.40. The molecule has 3 amide bonds. The molecule has 1 aromatic heterocycles. The van der Waals surface area contributed by atoms with E-state index < -0.39 is 0 Å². The summed E-state index contributed by atoms with van der Waals surface area (Å²) in [7, 11) is 0. The Morgan fingerprint density at radius 1 is 1.03 bits per heavy atom. The number of morpholine rings is 1. The number of nitrogens with one attached hydrogen (secondary N) is 1. The van der Waals surface area contributed by atoms with Gasteiger partial charge in [-0.1, -0.05) is 64.3 Å². The average molecular weight is 850 g/mol. The third-order valence-corrected chi connectivity index (χ3v) is 13.2. The van der Waals surface area contributed by atoms with Crippen molar-refractivity contribution in [2.24, 2.45) is 0 Å². The number of piperidine rings is 1. The van der Waals surface area contributed by atoms with Crippen molar-refractivity contribution in [3.05, 3.63) is 68.9 Å². The number of hydrogen-bond acceptors (Lipinski definition) is 10. The number of fused-ring (bicyclic) bond motifs is 1. The van der Waals surface area contributed by atoms with Gasteiger partial charge in [0, 0.05) is 55.6 Å². The summed E-state index contributed by atoms with van der Waals surface area (Å²) >= 11 is 1.54. The number of anilines is 1. The molecule has 60 heavy (non-hydrogen) atoms. The van der Waals surface area contributed by atoms with Gasteiger partial charge in [0.2, 0.25) is 5.91 Å². The van der Waals surface area contributed by atoms with Crippen LogP contribution in [0.5, 0.6) is 11.5 Å². The number of phenolic OH excluding ortho intramolecular Hbond substituents is 1. The Bertz CT molecular complexity index is 1910. The fourth-order valence-electron chi connectivity index (χ4n) is 8.46. The minimum atomic E-state index is -0.389. The number of ether oxygens (including phenoxy) is 3. The smallest absolute Gasteiger partial charge is 0.273 e. The first kappa shape index (κ1) is 45.4. The molecule has 3 aliphatic heterocycles. The number of likely N-dealkylation sites (tertiary alicyclic amines) is 1. The van der Waals surface area contributed by atoms with Crippen molar-refractivity contribution < 1.29 is 38.1 Å². The van der Waals surface area contributed by atoms with Crippen LogP contribution in [0.15, 0.2) is 35.7 Å². The van der Waals surface area contributed by atoms with Gasteiger partial charge in [0.15, 0.2) is 12.4 Å². The van der Waals surface area contributed by atoms with Crippen molar-refractivity contribution in [2.75, 3.05) is 64.5 Å². The van der Waals surface area contributed by atoms with Crippen LogP contribution in [0.25, 0.3) is 0 Å². The molecule has 0 unspecified atom stereocenters. The molecule has 0 bridgehead atoms. The lowest BCUT2D eigenvalue weighted by molar-refractivity contribution is -0.134. The molecule has 3 aromatic rings. The first-order chi connectivity index (χ1) is 29.0. The molecule has 2 fully saturated rings. The lowest BCUT2D eigenvalue weighted by Gasteiger charge is -2.47. The van der Waals surface area contributed by atoms with Gasteiger partial charge in [-0.3, -0.25) is 19.3 Å². The van der Waals surface area contributed by atoms with E-state index in [-0.39, 0.29) is 66.5 Å². The number of carbonyl (C=O) groups is 3. The van der Waals surface area contributed by atoms with Gasteiger partial charge in [-0.15, -0.1) is 11.3 Å². The van der Waals surface area contributed by atoms with Crippen LogP contribution in [0.4, 0.5) is 10.1 Å². The van der Waals surface area contributed by atoms with E-state index in [2.05, 4.69) is 42.9 Å². The number of aromatic nitrogens is 1. The molecule has 12 nitrogen and oxygen atoms in total. The molecule has 0 saturated carbocycles. The van der Waals surface area contributed by atoms with Crippen molar-refractivity contribution in [3.8, 4) is 11.5 Å². The van der Waals surface area contributed by atoms with Gasteiger partial charge >= 0.3 is 0 Å². The number of rotatable bonds is 20. The normalized spacial score (nSPS) is 17.0. The summed E-state index contributed by atoms with van der Waals surface area (Å²) in [5.41, 5.74) is 2.67.